The van der Waals surface area contributed by atoms with Crippen LogP contribution in [0.1, 0.15) is 16.2 Å². The van der Waals surface area contributed by atoms with Crippen LogP contribution in [0.25, 0.3) is 0 Å². The number of hydrogen-bond acceptors (Lipinski definition) is 5. The summed E-state index contributed by atoms with van der Waals surface area (Å²) in [6, 6.07) is 1.67. The van der Waals surface area contributed by atoms with Crippen LogP contribution in [-0.2, 0) is 13.6 Å². The van der Waals surface area contributed by atoms with E-state index in [4.69, 9.17) is 5.73 Å². The van der Waals surface area contributed by atoms with Crippen molar-refractivity contribution in [3.8, 4) is 0 Å². The Morgan fingerprint density at radius 3 is 3.06 bits per heavy atom. The maximum Gasteiger partial charge on any atom is 0.274 e. The predicted octanol–water partition coefficient (Wildman–Crippen LogP) is -0.0797. The SMILES string of the molecule is Cn1cc(N)c(C(=O)NCc2ccon2)n1. The van der Waals surface area contributed by atoms with E-state index in [-0.39, 0.29) is 18.1 Å². The summed E-state index contributed by atoms with van der Waals surface area (Å²) in [5.74, 6) is -0.332. The first-order valence-electron chi connectivity index (χ1n) is 4.63. The summed E-state index contributed by atoms with van der Waals surface area (Å²) in [4.78, 5) is 11.6. The van der Waals surface area contributed by atoms with Crippen molar-refractivity contribution in [2.45, 2.75) is 6.54 Å². The zero-order valence-corrected chi connectivity index (χ0v) is 8.67. The average Bonchev–Trinajstić information content (AvgIpc) is 2.84. The van der Waals surface area contributed by atoms with E-state index in [1.807, 2.05) is 0 Å². The molecule has 7 nitrogen and oxygen atoms in total. The maximum atomic E-state index is 11.6. The van der Waals surface area contributed by atoms with Crippen LogP contribution in [-0.4, -0.2) is 20.8 Å². The molecule has 2 rings (SSSR count). The van der Waals surface area contributed by atoms with Gasteiger partial charge in [0.2, 0.25) is 0 Å². The molecule has 16 heavy (non-hydrogen) atoms. The Balaban J connectivity index is 2.01. The number of nitrogens with one attached hydrogen (secondary N) is 1. The highest BCUT2D eigenvalue weighted by molar-refractivity contribution is 5.96. The average molecular weight is 221 g/mol. The highest BCUT2D eigenvalue weighted by Gasteiger charge is 2.13. The van der Waals surface area contributed by atoms with Gasteiger partial charge in [0.05, 0.1) is 12.2 Å². The summed E-state index contributed by atoms with van der Waals surface area (Å²) < 4.78 is 6.12. The summed E-state index contributed by atoms with van der Waals surface area (Å²) in [5.41, 5.74) is 6.82. The zero-order valence-electron chi connectivity index (χ0n) is 8.67. The van der Waals surface area contributed by atoms with Crippen molar-refractivity contribution in [2.24, 2.45) is 7.05 Å². The van der Waals surface area contributed by atoms with E-state index in [0.717, 1.165) is 0 Å². The van der Waals surface area contributed by atoms with Gasteiger partial charge in [0, 0.05) is 19.3 Å². The van der Waals surface area contributed by atoms with Gasteiger partial charge in [0.1, 0.15) is 12.0 Å². The van der Waals surface area contributed by atoms with E-state index >= 15 is 0 Å². The summed E-state index contributed by atoms with van der Waals surface area (Å²) in [6.07, 6.45) is 3.02. The Morgan fingerprint density at radius 2 is 2.50 bits per heavy atom. The van der Waals surface area contributed by atoms with E-state index in [2.05, 4.69) is 20.1 Å². The van der Waals surface area contributed by atoms with Gasteiger partial charge in [-0.25, -0.2) is 0 Å². The smallest absolute Gasteiger partial charge is 0.274 e. The molecule has 84 valence electrons. The third-order valence-corrected chi connectivity index (χ3v) is 1.99. The molecule has 7 heteroatoms. The number of nitrogens with zero attached hydrogens (tertiary/aromatic N) is 3. The van der Waals surface area contributed by atoms with Gasteiger partial charge in [-0.3, -0.25) is 9.48 Å². The van der Waals surface area contributed by atoms with Gasteiger partial charge in [-0.2, -0.15) is 5.10 Å². The third kappa shape index (κ3) is 2.02. The minimum Gasteiger partial charge on any atom is -0.396 e. The Morgan fingerprint density at radius 1 is 1.69 bits per heavy atom. The first-order valence-corrected chi connectivity index (χ1v) is 4.63. The van der Waals surface area contributed by atoms with E-state index in [9.17, 15) is 4.79 Å². The third-order valence-electron chi connectivity index (χ3n) is 1.99. The quantitative estimate of drug-likeness (QED) is 0.755. The molecule has 3 N–H and O–H groups in total. The molecule has 2 heterocycles. The van der Waals surface area contributed by atoms with E-state index in [0.29, 0.717) is 11.4 Å². The fourth-order valence-electron chi connectivity index (χ4n) is 1.27. The molecular formula is C9H11N5O2. The molecule has 2 aromatic heterocycles. The number of carbonyl (C=O) groups excluding carboxylic acids is 1. The molecule has 0 bridgehead atoms. The van der Waals surface area contributed by atoms with Crippen molar-refractivity contribution >= 4 is 11.6 Å². The van der Waals surface area contributed by atoms with Crippen molar-refractivity contribution in [1.82, 2.24) is 20.3 Å². The molecule has 0 saturated heterocycles. The van der Waals surface area contributed by atoms with Crippen LogP contribution < -0.4 is 11.1 Å². The lowest BCUT2D eigenvalue weighted by atomic mass is 10.3. The van der Waals surface area contributed by atoms with Gasteiger partial charge in [-0.15, -0.1) is 0 Å². The number of rotatable bonds is 3. The predicted molar refractivity (Wildman–Crippen MR) is 55.3 cm³/mol. The van der Waals surface area contributed by atoms with Crippen LogP contribution >= 0.6 is 0 Å². The molecule has 0 saturated carbocycles. The van der Waals surface area contributed by atoms with Crippen molar-refractivity contribution < 1.29 is 9.32 Å². The first kappa shape index (κ1) is 10.2. The molecule has 0 atom stereocenters. The molecule has 0 aromatic carbocycles. The van der Waals surface area contributed by atoms with Gasteiger partial charge >= 0.3 is 0 Å². The monoisotopic (exact) mass is 221 g/mol. The standard InChI is InChI=1S/C9H11N5O2/c1-14-5-7(10)8(12-14)9(15)11-4-6-2-3-16-13-6/h2-3,5H,4,10H2,1H3,(H,11,15). The topological polar surface area (TPSA) is 99.0 Å². The second-order valence-corrected chi connectivity index (χ2v) is 3.28. The number of nitrogens with two attached hydrogens (primary N) is 1. The summed E-state index contributed by atoms with van der Waals surface area (Å²) in [6.45, 7) is 0.283. The van der Waals surface area contributed by atoms with Crippen LogP contribution in [0.5, 0.6) is 0 Å². The number of nitrogen functional groups attached to an aromatic ring is 1. The van der Waals surface area contributed by atoms with E-state index < -0.39 is 0 Å². The van der Waals surface area contributed by atoms with Crippen molar-refractivity contribution in [3.05, 3.63) is 29.9 Å². The number of anilines is 1. The molecule has 0 fully saturated rings. The van der Waals surface area contributed by atoms with Crippen molar-refractivity contribution in [1.29, 1.82) is 0 Å². The van der Waals surface area contributed by atoms with Crippen LogP contribution in [0.15, 0.2) is 23.0 Å². The van der Waals surface area contributed by atoms with Gasteiger partial charge in [0.15, 0.2) is 5.69 Å². The lowest BCUT2D eigenvalue weighted by Crippen LogP contribution is -2.24. The molecule has 0 spiro atoms. The molecule has 0 aliphatic rings. The van der Waals surface area contributed by atoms with Gasteiger partial charge in [-0.1, -0.05) is 5.16 Å². The first-order chi connectivity index (χ1) is 7.66. The Hall–Kier alpha value is -2.31. The van der Waals surface area contributed by atoms with Crippen LogP contribution in [0.4, 0.5) is 5.69 Å². The molecular weight excluding hydrogens is 210 g/mol. The fraction of sp³-hybridized carbons (Fsp3) is 0.222. The second kappa shape index (κ2) is 4.05. The van der Waals surface area contributed by atoms with Gasteiger partial charge in [0.25, 0.3) is 5.91 Å². The molecule has 1 amide bonds. The van der Waals surface area contributed by atoms with E-state index in [1.54, 1.807) is 19.3 Å². The Bertz CT molecular complexity index is 488. The minimum absolute atomic E-state index is 0.214. The molecule has 0 unspecified atom stereocenters. The number of hydrogen-bond donors (Lipinski definition) is 2. The largest absolute Gasteiger partial charge is 0.396 e. The number of aryl methyl sites for hydroxylation is 1. The van der Waals surface area contributed by atoms with Crippen LogP contribution in [0, 0.1) is 0 Å². The molecule has 0 aliphatic heterocycles. The number of aromatic nitrogens is 3. The summed E-state index contributed by atoms with van der Waals surface area (Å²) in [7, 11) is 1.70. The van der Waals surface area contributed by atoms with Crippen molar-refractivity contribution in [3.63, 3.8) is 0 Å². The van der Waals surface area contributed by atoms with Crippen LogP contribution in [0.2, 0.25) is 0 Å². The molecule has 0 radical (unpaired) electrons. The number of carbonyl (C=O) groups is 1. The Labute approximate surface area is 91.2 Å². The lowest BCUT2D eigenvalue weighted by molar-refractivity contribution is 0.0945. The fourth-order valence-corrected chi connectivity index (χ4v) is 1.27. The highest BCUT2D eigenvalue weighted by Crippen LogP contribution is 2.07. The lowest BCUT2D eigenvalue weighted by Gasteiger charge is -2.00. The van der Waals surface area contributed by atoms with Crippen LogP contribution in [0.3, 0.4) is 0 Å². The zero-order chi connectivity index (χ0) is 11.5. The normalized spacial score (nSPS) is 10.3. The second-order valence-electron chi connectivity index (χ2n) is 3.28. The Kier molecular flexibility index (Phi) is 2.59. The minimum atomic E-state index is -0.332. The van der Waals surface area contributed by atoms with E-state index in [1.165, 1.54) is 10.9 Å². The van der Waals surface area contributed by atoms with Crippen molar-refractivity contribution in [2.75, 3.05) is 5.73 Å². The summed E-state index contributed by atoms with van der Waals surface area (Å²) in [5, 5.41) is 10.2. The molecule has 0 aliphatic carbocycles. The van der Waals surface area contributed by atoms with Gasteiger partial charge < -0.3 is 15.6 Å². The molecule has 2 aromatic rings. The number of amides is 1. The van der Waals surface area contributed by atoms with Gasteiger partial charge in [-0.05, 0) is 0 Å². The summed E-state index contributed by atoms with van der Waals surface area (Å²) >= 11 is 0. The highest BCUT2D eigenvalue weighted by atomic mass is 16.5. The maximum absolute atomic E-state index is 11.6.